The lowest BCUT2D eigenvalue weighted by Gasteiger charge is -2.09. The maximum Gasteiger partial charge on any atom is 0.267 e. The highest BCUT2D eigenvalue weighted by molar-refractivity contribution is 6.31. The van der Waals surface area contributed by atoms with Gasteiger partial charge >= 0.3 is 0 Å². The number of hydrogen-bond donors (Lipinski definition) is 1. The van der Waals surface area contributed by atoms with Gasteiger partial charge in [0.15, 0.2) is 5.76 Å². The van der Waals surface area contributed by atoms with Crippen molar-refractivity contribution in [3.05, 3.63) is 76.4 Å². The van der Waals surface area contributed by atoms with Gasteiger partial charge in [0.05, 0.1) is 6.26 Å². The van der Waals surface area contributed by atoms with Crippen LogP contribution in [0.3, 0.4) is 0 Å². The number of rotatable bonds is 6. The summed E-state index contributed by atoms with van der Waals surface area (Å²) in [6.07, 6.45) is 3.48. The van der Waals surface area contributed by atoms with Crippen LogP contribution in [0, 0.1) is 0 Å². The molecule has 0 saturated carbocycles. The molecule has 0 spiro atoms. The Morgan fingerprint density at radius 3 is 2.89 bits per heavy atom. The fourth-order valence-electron chi connectivity index (χ4n) is 2.99. The molecule has 0 aliphatic rings. The molecule has 3 aromatic heterocycles. The van der Waals surface area contributed by atoms with E-state index >= 15 is 0 Å². The molecular weight excluding hydrogens is 380 g/mol. The lowest BCUT2D eigenvalue weighted by atomic mass is 10.2. The molecule has 4 aromatic rings. The van der Waals surface area contributed by atoms with Gasteiger partial charge in [-0.2, -0.15) is 5.10 Å². The van der Waals surface area contributed by atoms with E-state index in [4.69, 9.17) is 16.0 Å². The molecule has 8 heteroatoms. The van der Waals surface area contributed by atoms with Crippen LogP contribution < -0.4 is 10.9 Å². The third-order valence-electron chi connectivity index (χ3n) is 4.34. The maximum absolute atomic E-state index is 12.2. The predicted molar refractivity (Wildman–Crippen MR) is 106 cm³/mol. The number of furan rings is 1. The van der Waals surface area contributed by atoms with E-state index in [0.717, 1.165) is 15.6 Å². The van der Waals surface area contributed by atoms with Gasteiger partial charge < -0.3 is 14.3 Å². The minimum Gasteiger partial charge on any atom is -0.463 e. The van der Waals surface area contributed by atoms with Crippen LogP contribution in [0.5, 0.6) is 0 Å². The molecule has 1 N–H and O–H groups in total. The first-order valence-corrected chi connectivity index (χ1v) is 9.11. The van der Waals surface area contributed by atoms with Gasteiger partial charge in [-0.3, -0.25) is 9.59 Å². The van der Waals surface area contributed by atoms with E-state index in [2.05, 4.69) is 10.4 Å². The van der Waals surface area contributed by atoms with Crippen LogP contribution in [0.25, 0.3) is 22.4 Å². The monoisotopic (exact) mass is 396 g/mol. The predicted octanol–water partition coefficient (Wildman–Crippen LogP) is 2.93. The van der Waals surface area contributed by atoms with Crippen LogP contribution in [-0.4, -0.2) is 26.8 Å². The number of carbonyl (C=O) groups is 1. The Morgan fingerprint density at radius 2 is 2.07 bits per heavy atom. The summed E-state index contributed by atoms with van der Waals surface area (Å²) in [4.78, 5) is 24.2. The molecule has 0 unspecified atom stereocenters. The molecule has 7 nitrogen and oxygen atoms in total. The summed E-state index contributed by atoms with van der Waals surface area (Å²) in [6, 6.07) is 14.1. The summed E-state index contributed by atoms with van der Waals surface area (Å²) in [6.45, 7) is 0.874. The lowest BCUT2D eigenvalue weighted by Crippen LogP contribution is -2.35. The Bertz CT molecular complexity index is 1180. The quantitative estimate of drug-likeness (QED) is 0.543. The van der Waals surface area contributed by atoms with Gasteiger partial charge in [-0.15, -0.1) is 0 Å². The zero-order chi connectivity index (χ0) is 19.5. The number of nitrogens with one attached hydrogen (secondary N) is 1. The number of benzene rings is 1. The largest absolute Gasteiger partial charge is 0.463 e. The standard InChI is InChI=1S/C20H17ClN4O3/c21-15-3-5-17-14(12-15)7-9-24(17)10-8-22-19(26)13-25-20(27)6-4-16(23-25)18-2-1-11-28-18/h1-7,9,11-12H,8,10,13H2,(H,22,26). The second-order valence-corrected chi connectivity index (χ2v) is 6.69. The summed E-state index contributed by atoms with van der Waals surface area (Å²) in [5.74, 6) is 0.249. The van der Waals surface area contributed by atoms with Gasteiger partial charge in [-0.25, -0.2) is 4.68 Å². The minimum absolute atomic E-state index is 0.157. The van der Waals surface area contributed by atoms with E-state index < -0.39 is 0 Å². The number of fused-ring (bicyclic) bond motifs is 1. The van der Waals surface area contributed by atoms with E-state index in [0.29, 0.717) is 29.6 Å². The van der Waals surface area contributed by atoms with Crippen molar-refractivity contribution in [3.63, 3.8) is 0 Å². The van der Waals surface area contributed by atoms with Gasteiger partial charge in [0.2, 0.25) is 5.91 Å². The third-order valence-corrected chi connectivity index (χ3v) is 4.58. The second kappa shape index (κ2) is 7.74. The maximum atomic E-state index is 12.2. The summed E-state index contributed by atoms with van der Waals surface area (Å²) < 4.78 is 8.44. The Morgan fingerprint density at radius 1 is 1.18 bits per heavy atom. The first-order chi connectivity index (χ1) is 13.6. The zero-order valence-electron chi connectivity index (χ0n) is 14.8. The average molecular weight is 397 g/mol. The van der Waals surface area contributed by atoms with E-state index in [-0.39, 0.29) is 18.0 Å². The molecule has 142 valence electrons. The van der Waals surface area contributed by atoms with Crippen molar-refractivity contribution in [2.75, 3.05) is 6.54 Å². The van der Waals surface area contributed by atoms with Crippen molar-refractivity contribution in [3.8, 4) is 11.5 Å². The van der Waals surface area contributed by atoms with Gasteiger partial charge in [0, 0.05) is 41.3 Å². The Balaban J connectivity index is 1.38. The number of nitrogens with zero attached hydrogens (tertiary/aromatic N) is 3. The molecule has 28 heavy (non-hydrogen) atoms. The van der Waals surface area contributed by atoms with E-state index in [1.165, 1.54) is 12.3 Å². The van der Waals surface area contributed by atoms with Crippen LogP contribution in [0.15, 0.2) is 70.2 Å². The zero-order valence-corrected chi connectivity index (χ0v) is 15.6. The third kappa shape index (κ3) is 3.84. The Labute approximate surface area is 165 Å². The fraction of sp³-hybridized carbons (Fsp3) is 0.150. The molecule has 0 saturated heterocycles. The van der Waals surface area contributed by atoms with Crippen molar-refractivity contribution < 1.29 is 9.21 Å². The number of aromatic nitrogens is 3. The SMILES string of the molecule is O=C(Cn1nc(-c2ccco2)ccc1=O)NCCn1ccc2cc(Cl)ccc21. The Hall–Kier alpha value is -3.32. The van der Waals surface area contributed by atoms with Crippen LogP contribution in [0.4, 0.5) is 0 Å². The molecule has 0 aliphatic carbocycles. The number of hydrogen-bond acceptors (Lipinski definition) is 4. The first-order valence-electron chi connectivity index (χ1n) is 8.73. The topological polar surface area (TPSA) is 82.1 Å². The minimum atomic E-state index is -0.348. The van der Waals surface area contributed by atoms with Gasteiger partial charge in [-0.1, -0.05) is 11.6 Å². The highest BCUT2D eigenvalue weighted by Gasteiger charge is 2.09. The molecule has 0 fully saturated rings. The molecule has 0 atom stereocenters. The summed E-state index contributed by atoms with van der Waals surface area (Å²) in [5, 5.41) is 8.75. The van der Waals surface area contributed by atoms with Crippen LogP contribution >= 0.6 is 11.6 Å². The number of amides is 1. The molecule has 0 bridgehead atoms. The molecule has 0 radical (unpaired) electrons. The van der Waals surface area contributed by atoms with Crippen molar-refractivity contribution >= 4 is 28.4 Å². The van der Waals surface area contributed by atoms with Gasteiger partial charge in [0.1, 0.15) is 12.2 Å². The fourth-order valence-corrected chi connectivity index (χ4v) is 3.17. The summed E-state index contributed by atoms with van der Waals surface area (Å²) >= 11 is 6.00. The highest BCUT2D eigenvalue weighted by Crippen LogP contribution is 2.20. The molecule has 0 aliphatic heterocycles. The van der Waals surface area contributed by atoms with E-state index in [1.54, 1.807) is 18.2 Å². The number of carbonyl (C=O) groups excluding carboxylic acids is 1. The van der Waals surface area contributed by atoms with Crippen molar-refractivity contribution in [2.45, 2.75) is 13.1 Å². The van der Waals surface area contributed by atoms with Crippen LogP contribution in [-0.2, 0) is 17.9 Å². The van der Waals surface area contributed by atoms with E-state index in [9.17, 15) is 9.59 Å². The summed E-state index contributed by atoms with van der Waals surface area (Å²) in [5.41, 5.74) is 1.19. The first kappa shape index (κ1) is 18.1. The Kier molecular flexibility index (Phi) is 4.99. The molecule has 4 rings (SSSR count). The van der Waals surface area contributed by atoms with Crippen molar-refractivity contribution in [1.82, 2.24) is 19.7 Å². The molecule has 1 aromatic carbocycles. The van der Waals surface area contributed by atoms with Gasteiger partial charge in [0.25, 0.3) is 5.56 Å². The smallest absolute Gasteiger partial charge is 0.267 e. The van der Waals surface area contributed by atoms with Gasteiger partial charge in [-0.05, 0) is 42.5 Å². The normalized spacial score (nSPS) is 11.0. The molecule has 3 heterocycles. The molecule has 1 amide bonds. The average Bonchev–Trinajstić information content (AvgIpc) is 3.34. The lowest BCUT2D eigenvalue weighted by molar-refractivity contribution is -0.121. The second-order valence-electron chi connectivity index (χ2n) is 6.25. The van der Waals surface area contributed by atoms with E-state index in [1.807, 2.05) is 35.0 Å². The van der Waals surface area contributed by atoms with Crippen LogP contribution in [0.1, 0.15) is 0 Å². The highest BCUT2D eigenvalue weighted by atomic mass is 35.5. The molecular formula is C20H17ClN4O3. The van der Waals surface area contributed by atoms with Crippen molar-refractivity contribution in [2.24, 2.45) is 0 Å². The number of halogens is 1. The van der Waals surface area contributed by atoms with Crippen LogP contribution in [0.2, 0.25) is 5.02 Å². The van der Waals surface area contributed by atoms with Crippen molar-refractivity contribution in [1.29, 1.82) is 0 Å². The summed E-state index contributed by atoms with van der Waals surface area (Å²) in [7, 11) is 0.